The second kappa shape index (κ2) is 9.32. The molecule has 2 aliphatic heterocycles. The van der Waals surface area contributed by atoms with Gasteiger partial charge in [-0.25, -0.2) is 0 Å². The molecule has 1 aromatic carbocycles. The summed E-state index contributed by atoms with van der Waals surface area (Å²) in [5.41, 5.74) is 0.746. The summed E-state index contributed by atoms with van der Waals surface area (Å²) in [5.74, 6) is -1.68. The van der Waals surface area contributed by atoms with Gasteiger partial charge in [0.25, 0.3) is 17.7 Å². The molecule has 0 saturated carbocycles. The molecule has 1 fully saturated rings. The van der Waals surface area contributed by atoms with Crippen molar-refractivity contribution in [3.63, 3.8) is 0 Å². The third-order valence-corrected chi connectivity index (χ3v) is 6.12. The van der Waals surface area contributed by atoms with E-state index in [1.54, 1.807) is 23.1 Å². The van der Waals surface area contributed by atoms with E-state index >= 15 is 0 Å². The number of hydrogen-bond acceptors (Lipinski definition) is 6. The fourth-order valence-corrected chi connectivity index (χ4v) is 4.20. The van der Waals surface area contributed by atoms with E-state index in [2.05, 4.69) is 5.32 Å². The summed E-state index contributed by atoms with van der Waals surface area (Å²) in [6, 6.07) is 4.66. The number of anilines is 1. The molecule has 3 aliphatic rings. The summed E-state index contributed by atoms with van der Waals surface area (Å²) >= 11 is 11.2. The lowest BCUT2D eigenvalue weighted by Gasteiger charge is -2.27. The third-order valence-electron chi connectivity index (χ3n) is 5.47. The smallest absolute Gasteiger partial charge is 0.263 e. The number of nitrogens with zero attached hydrogens (tertiary/aromatic N) is 2. The van der Waals surface area contributed by atoms with E-state index in [1.165, 1.54) is 12.1 Å². The number of benzene rings is 1. The number of rotatable bonds is 5. The second-order valence-electron chi connectivity index (χ2n) is 7.46. The van der Waals surface area contributed by atoms with Crippen LogP contribution in [0.3, 0.4) is 0 Å². The largest absolute Gasteiger partial charge is 0.378 e. The predicted octanol–water partition coefficient (Wildman–Crippen LogP) is 2.29. The SMILES string of the molecule is O=C(Nc1cccc2c1C(=O)N(CCC(=O)N1CCOCC1)C2=O)C1=CC(Cl)=CCC1=S. The van der Waals surface area contributed by atoms with Gasteiger partial charge in [0, 0.05) is 42.4 Å². The van der Waals surface area contributed by atoms with Crippen LogP contribution in [0, 0.1) is 0 Å². The Kier molecular flexibility index (Phi) is 6.50. The highest BCUT2D eigenvalue weighted by Gasteiger charge is 2.38. The number of allylic oxidation sites excluding steroid dienone is 3. The molecule has 0 bridgehead atoms. The van der Waals surface area contributed by atoms with E-state index < -0.39 is 17.7 Å². The Morgan fingerprint density at radius 1 is 1.16 bits per heavy atom. The van der Waals surface area contributed by atoms with Crippen LogP contribution in [0.15, 0.2) is 41.0 Å². The topological polar surface area (TPSA) is 96.0 Å². The van der Waals surface area contributed by atoms with Crippen LogP contribution in [0.25, 0.3) is 0 Å². The molecule has 8 nitrogen and oxygen atoms in total. The predicted molar refractivity (Wildman–Crippen MR) is 122 cm³/mol. The molecule has 0 spiro atoms. The molecule has 1 aromatic rings. The number of carbonyl (C=O) groups excluding carboxylic acids is 4. The first-order chi connectivity index (χ1) is 15.4. The highest BCUT2D eigenvalue weighted by Crippen LogP contribution is 2.30. The maximum absolute atomic E-state index is 13.0. The molecule has 1 aliphatic carbocycles. The first kappa shape index (κ1) is 22.3. The second-order valence-corrected chi connectivity index (χ2v) is 8.39. The Bertz CT molecular complexity index is 1090. The molecule has 10 heteroatoms. The van der Waals surface area contributed by atoms with Gasteiger partial charge in [-0.2, -0.15) is 0 Å². The molecule has 1 saturated heterocycles. The van der Waals surface area contributed by atoms with Crippen LogP contribution in [-0.2, 0) is 14.3 Å². The number of amides is 4. The van der Waals surface area contributed by atoms with Crippen molar-refractivity contribution >= 4 is 58.0 Å². The molecule has 32 heavy (non-hydrogen) atoms. The Labute approximate surface area is 194 Å². The molecule has 2 heterocycles. The fourth-order valence-electron chi connectivity index (χ4n) is 3.78. The van der Waals surface area contributed by atoms with Crippen molar-refractivity contribution in [3.8, 4) is 0 Å². The summed E-state index contributed by atoms with van der Waals surface area (Å²) in [7, 11) is 0. The van der Waals surface area contributed by atoms with Gasteiger partial charge in [-0.05, 0) is 18.2 Å². The van der Waals surface area contributed by atoms with Crippen LogP contribution in [0.5, 0.6) is 0 Å². The van der Waals surface area contributed by atoms with Crippen LogP contribution >= 0.6 is 23.8 Å². The van der Waals surface area contributed by atoms with Crippen molar-refractivity contribution in [2.24, 2.45) is 0 Å². The Morgan fingerprint density at radius 3 is 2.66 bits per heavy atom. The Morgan fingerprint density at radius 2 is 1.91 bits per heavy atom. The van der Waals surface area contributed by atoms with Gasteiger partial charge in [-0.15, -0.1) is 0 Å². The minimum Gasteiger partial charge on any atom is -0.378 e. The standard InChI is InChI=1S/C22H20ClN3O5S/c23-13-4-5-17(32)15(12-13)20(28)24-16-3-1-2-14-19(16)22(30)26(21(14)29)7-6-18(27)25-8-10-31-11-9-25/h1-4,12H,5-11H2,(H,24,28). The van der Waals surface area contributed by atoms with Crippen molar-refractivity contribution in [2.75, 3.05) is 38.2 Å². The average Bonchev–Trinajstić information content (AvgIpc) is 3.04. The molecule has 166 valence electrons. The van der Waals surface area contributed by atoms with Gasteiger partial charge in [-0.3, -0.25) is 24.1 Å². The summed E-state index contributed by atoms with van der Waals surface area (Å²) in [5, 5.41) is 3.09. The van der Waals surface area contributed by atoms with Crippen LogP contribution < -0.4 is 5.32 Å². The number of halogens is 1. The van der Waals surface area contributed by atoms with Crippen LogP contribution in [0.1, 0.15) is 33.6 Å². The average molecular weight is 474 g/mol. The van der Waals surface area contributed by atoms with Gasteiger partial charge in [-0.1, -0.05) is 36.0 Å². The van der Waals surface area contributed by atoms with E-state index in [9.17, 15) is 19.2 Å². The van der Waals surface area contributed by atoms with E-state index in [-0.39, 0.29) is 41.3 Å². The molecule has 0 radical (unpaired) electrons. The summed E-state index contributed by atoms with van der Waals surface area (Å²) in [6.45, 7) is 1.90. The minimum atomic E-state index is -0.547. The number of hydrogen-bond donors (Lipinski definition) is 1. The maximum Gasteiger partial charge on any atom is 0.263 e. The normalized spacial score (nSPS) is 18.3. The Balaban J connectivity index is 1.49. The lowest BCUT2D eigenvalue weighted by atomic mass is 10.0. The number of thiocarbonyl (C=S) groups is 1. The molecule has 4 rings (SSSR count). The molecule has 0 aromatic heterocycles. The highest BCUT2D eigenvalue weighted by atomic mass is 35.5. The van der Waals surface area contributed by atoms with Gasteiger partial charge in [0.15, 0.2) is 0 Å². The molecular weight excluding hydrogens is 454 g/mol. The van der Waals surface area contributed by atoms with Crippen molar-refractivity contribution in [3.05, 3.63) is 52.1 Å². The fraction of sp³-hybridized carbons (Fsp3) is 0.318. The van der Waals surface area contributed by atoms with Crippen LogP contribution in [0.4, 0.5) is 5.69 Å². The molecule has 0 atom stereocenters. The van der Waals surface area contributed by atoms with Crippen molar-refractivity contribution in [1.82, 2.24) is 9.80 Å². The number of ether oxygens (including phenoxy) is 1. The van der Waals surface area contributed by atoms with Gasteiger partial charge >= 0.3 is 0 Å². The van der Waals surface area contributed by atoms with Gasteiger partial charge in [0.1, 0.15) is 0 Å². The number of morpholine rings is 1. The monoisotopic (exact) mass is 473 g/mol. The minimum absolute atomic E-state index is 0.0269. The molecule has 1 N–H and O–H groups in total. The summed E-state index contributed by atoms with van der Waals surface area (Å²) < 4.78 is 5.24. The molecule has 0 unspecified atom stereocenters. The van der Waals surface area contributed by atoms with E-state index in [4.69, 9.17) is 28.6 Å². The Hall–Kier alpha value is -2.88. The van der Waals surface area contributed by atoms with E-state index in [0.717, 1.165) is 4.90 Å². The van der Waals surface area contributed by atoms with E-state index in [0.29, 0.717) is 42.6 Å². The highest BCUT2D eigenvalue weighted by molar-refractivity contribution is 7.81. The lowest BCUT2D eigenvalue weighted by Crippen LogP contribution is -2.42. The summed E-state index contributed by atoms with van der Waals surface area (Å²) in [4.78, 5) is 54.2. The zero-order chi connectivity index (χ0) is 22.8. The lowest BCUT2D eigenvalue weighted by molar-refractivity contribution is -0.135. The van der Waals surface area contributed by atoms with Gasteiger partial charge < -0.3 is 15.0 Å². The first-order valence-corrected chi connectivity index (χ1v) is 10.9. The quantitative estimate of drug-likeness (QED) is 0.520. The zero-order valence-electron chi connectivity index (χ0n) is 17.1. The molecule has 4 amide bonds. The zero-order valence-corrected chi connectivity index (χ0v) is 18.6. The molecular formula is C22H20ClN3O5S. The van der Waals surface area contributed by atoms with Crippen LogP contribution in [-0.4, -0.2) is 71.1 Å². The maximum atomic E-state index is 13.0. The summed E-state index contributed by atoms with van der Waals surface area (Å²) in [6.07, 6.45) is 3.59. The van der Waals surface area contributed by atoms with E-state index in [1.807, 2.05) is 0 Å². The number of fused-ring (bicyclic) bond motifs is 1. The van der Waals surface area contributed by atoms with Gasteiger partial charge in [0.05, 0.1) is 35.6 Å². The number of carbonyl (C=O) groups is 4. The van der Waals surface area contributed by atoms with Crippen molar-refractivity contribution < 1.29 is 23.9 Å². The third kappa shape index (κ3) is 4.36. The van der Waals surface area contributed by atoms with Crippen molar-refractivity contribution in [2.45, 2.75) is 12.8 Å². The van der Waals surface area contributed by atoms with Crippen molar-refractivity contribution in [1.29, 1.82) is 0 Å². The van der Waals surface area contributed by atoms with Crippen LogP contribution in [0.2, 0.25) is 0 Å². The number of imide groups is 1. The first-order valence-electron chi connectivity index (χ1n) is 10.1. The van der Waals surface area contributed by atoms with Gasteiger partial charge in [0.2, 0.25) is 5.91 Å². The number of nitrogens with one attached hydrogen (secondary N) is 1.